The minimum Gasteiger partial charge on any atom is -0.467 e. The molecule has 3 N–H and O–H groups in total. The molecule has 1 saturated heterocycles. The maximum absolute atomic E-state index is 15.3. The van der Waals surface area contributed by atoms with Crippen molar-refractivity contribution >= 4 is 24.0 Å². The van der Waals surface area contributed by atoms with E-state index in [9.17, 15) is 14.8 Å². The van der Waals surface area contributed by atoms with E-state index in [1.807, 2.05) is 4.90 Å². The number of rotatable bonds is 11. The van der Waals surface area contributed by atoms with Gasteiger partial charge in [-0.1, -0.05) is 32.6 Å². The Morgan fingerprint density at radius 1 is 1.30 bits per heavy atom. The summed E-state index contributed by atoms with van der Waals surface area (Å²) in [6, 6.07) is -0.0222. The second-order valence-electron chi connectivity index (χ2n) is 8.54. The molecule has 33 heavy (non-hydrogen) atoms. The van der Waals surface area contributed by atoms with Crippen LogP contribution < -0.4 is 20.5 Å². The fraction of sp³-hybridized carbons (Fsp3) is 0.714. The highest BCUT2D eigenvalue weighted by Gasteiger charge is 2.28. The van der Waals surface area contributed by atoms with E-state index in [0.29, 0.717) is 30.5 Å². The zero-order valence-electron chi connectivity index (χ0n) is 19.3. The van der Waals surface area contributed by atoms with Crippen LogP contribution >= 0.6 is 0 Å². The molecule has 1 aliphatic carbocycles. The van der Waals surface area contributed by atoms with Gasteiger partial charge in [-0.05, 0) is 18.9 Å². The maximum atomic E-state index is 15.3. The van der Waals surface area contributed by atoms with Crippen LogP contribution in [0.25, 0.3) is 0 Å². The molecule has 0 bridgehead atoms. The number of carbonyl (C=O) groups excluding carboxylic acids is 2. The highest BCUT2D eigenvalue weighted by atomic mass is 19.1. The number of hydroxylamine groups is 2. The first-order valence-electron chi connectivity index (χ1n) is 11.5. The van der Waals surface area contributed by atoms with Crippen LogP contribution in [0, 0.1) is 17.7 Å². The summed E-state index contributed by atoms with van der Waals surface area (Å²) >= 11 is 0. The average Bonchev–Trinajstić information content (AvgIpc) is 3.36. The molecule has 2 aliphatic rings. The van der Waals surface area contributed by atoms with Crippen LogP contribution in [-0.4, -0.2) is 83.8 Å². The lowest BCUT2D eigenvalue weighted by Gasteiger charge is -2.35. The van der Waals surface area contributed by atoms with Crippen LogP contribution in [0.4, 0.5) is 16.0 Å². The molecule has 0 spiro atoms. The summed E-state index contributed by atoms with van der Waals surface area (Å²) in [6.45, 7) is 5.67. The summed E-state index contributed by atoms with van der Waals surface area (Å²) in [5.41, 5.74) is 5.04. The van der Waals surface area contributed by atoms with E-state index in [4.69, 9.17) is 4.74 Å². The molecule has 3 rings (SSSR count). The molecular weight excluding hydrogens is 433 g/mol. The quantitative estimate of drug-likeness (QED) is 0.251. The monoisotopic (exact) mass is 467 g/mol. The van der Waals surface area contributed by atoms with E-state index >= 15 is 4.39 Å². The van der Waals surface area contributed by atoms with E-state index in [1.54, 1.807) is 0 Å². The Morgan fingerprint density at radius 2 is 2.00 bits per heavy atom. The van der Waals surface area contributed by atoms with Crippen molar-refractivity contribution in [2.24, 2.45) is 11.8 Å². The third-order valence-corrected chi connectivity index (χ3v) is 6.41. The first kappa shape index (κ1) is 24.9. The van der Waals surface area contributed by atoms with Crippen LogP contribution in [0.2, 0.25) is 0 Å². The number of carbonyl (C=O) groups is 2. The molecule has 1 aromatic heterocycles. The molecule has 0 radical (unpaired) electrons. The van der Waals surface area contributed by atoms with E-state index < -0.39 is 17.6 Å². The highest BCUT2D eigenvalue weighted by Crippen LogP contribution is 2.31. The summed E-state index contributed by atoms with van der Waals surface area (Å²) in [5.74, 6) is -1.55. The molecule has 2 heterocycles. The van der Waals surface area contributed by atoms with Gasteiger partial charge in [0.2, 0.25) is 18.1 Å². The first-order valence-corrected chi connectivity index (χ1v) is 11.5. The Hall–Kier alpha value is -2.73. The van der Waals surface area contributed by atoms with Crippen LogP contribution in [0.5, 0.6) is 6.01 Å². The van der Waals surface area contributed by atoms with E-state index in [1.165, 1.54) is 7.11 Å². The number of ether oxygens (including phenoxy) is 1. The van der Waals surface area contributed by atoms with Gasteiger partial charge in [0.15, 0.2) is 11.6 Å². The Balaban J connectivity index is 1.70. The van der Waals surface area contributed by atoms with Crippen molar-refractivity contribution in [3.63, 3.8) is 0 Å². The van der Waals surface area contributed by atoms with Crippen LogP contribution in [0.15, 0.2) is 0 Å². The number of methoxy groups -OCH3 is 1. The predicted molar refractivity (Wildman–Crippen MR) is 119 cm³/mol. The highest BCUT2D eigenvalue weighted by molar-refractivity contribution is 5.80. The minimum absolute atomic E-state index is 0.0222. The number of hydrogen-bond donors (Lipinski definition) is 3. The van der Waals surface area contributed by atoms with E-state index in [-0.39, 0.29) is 30.6 Å². The van der Waals surface area contributed by atoms with Crippen LogP contribution in [0.1, 0.15) is 39.0 Å². The van der Waals surface area contributed by atoms with Crippen molar-refractivity contribution in [1.29, 1.82) is 0 Å². The molecule has 2 fully saturated rings. The smallest absolute Gasteiger partial charge is 0.320 e. The Morgan fingerprint density at radius 3 is 2.61 bits per heavy atom. The number of halogens is 1. The lowest BCUT2D eigenvalue weighted by molar-refractivity contribution is -0.154. The van der Waals surface area contributed by atoms with Crippen molar-refractivity contribution in [3.8, 4) is 6.01 Å². The number of likely N-dealkylation sites (N-methyl/N-ethyl adjacent to an activating group) is 1. The van der Waals surface area contributed by atoms with Gasteiger partial charge in [-0.25, -0.2) is 5.06 Å². The number of anilines is 2. The summed E-state index contributed by atoms with van der Waals surface area (Å²) in [6.07, 6.45) is 5.03. The van der Waals surface area contributed by atoms with Gasteiger partial charge >= 0.3 is 6.01 Å². The normalized spacial score (nSPS) is 18.1. The number of nitrogens with zero attached hydrogens (tertiary/aromatic N) is 5. The van der Waals surface area contributed by atoms with E-state index in [2.05, 4.69) is 32.6 Å². The molecular formula is C21H34FN7O4. The fourth-order valence-electron chi connectivity index (χ4n) is 4.48. The minimum atomic E-state index is -0.690. The van der Waals surface area contributed by atoms with Crippen LogP contribution in [-0.2, 0) is 9.59 Å². The van der Waals surface area contributed by atoms with Gasteiger partial charge in [0.25, 0.3) is 0 Å². The molecule has 1 saturated carbocycles. The first-order chi connectivity index (χ1) is 15.9. The SMILES string of the molecule is CCN1CCN(c2nc(OC)nc(NNC(=O)[C@H](CC3CCCC3)CN(O)C=O)c2F)CC1. The van der Waals surface area contributed by atoms with Gasteiger partial charge in [0.1, 0.15) is 0 Å². The second-order valence-corrected chi connectivity index (χ2v) is 8.54. The summed E-state index contributed by atoms with van der Waals surface area (Å²) in [4.78, 5) is 36.0. The topological polar surface area (TPSA) is 123 Å². The summed E-state index contributed by atoms with van der Waals surface area (Å²) in [5, 5.41) is 10.1. The molecule has 2 amide bonds. The molecule has 1 atom stereocenters. The summed E-state index contributed by atoms with van der Waals surface area (Å²) < 4.78 is 20.4. The number of hydrazine groups is 1. The van der Waals surface area contributed by atoms with Crippen molar-refractivity contribution in [1.82, 2.24) is 25.4 Å². The van der Waals surface area contributed by atoms with E-state index in [0.717, 1.165) is 45.3 Å². The molecule has 0 aromatic carbocycles. The summed E-state index contributed by atoms with van der Waals surface area (Å²) in [7, 11) is 1.39. The fourth-order valence-corrected chi connectivity index (χ4v) is 4.48. The number of aromatic nitrogens is 2. The number of nitrogens with one attached hydrogen (secondary N) is 2. The third kappa shape index (κ3) is 6.64. The van der Waals surface area contributed by atoms with Crippen molar-refractivity contribution in [3.05, 3.63) is 5.82 Å². The molecule has 1 aliphatic heterocycles. The zero-order valence-corrected chi connectivity index (χ0v) is 19.3. The standard InChI is InChI=1S/C21H34FN7O4/c1-3-27-8-10-28(11-9-27)19-17(22)18(23-21(24-19)33-2)25-26-20(31)16(13-29(32)14-30)12-15-6-4-5-7-15/h14-16,32H,3-13H2,1-2H3,(H,26,31)(H,23,24,25)/t16-/m1/s1. The van der Waals surface area contributed by atoms with Crippen molar-refractivity contribution < 1.29 is 23.9 Å². The average molecular weight is 468 g/mol. The van der Waals surface area contributed by atoms with Gasteiger partial charge in [-0.15, -0.1) is 0 Å². The lowest BCUT2D eigenvalue weighted by atomic mass is 9.92. The Bertz CT molecular complexity index is 801. The van der Waals surface area contributed by atoms with Gasteiger partial charge in [0.05, 0.1) is 19.6 Å². The van der Waals surface area contributed by atoms with Crippen molar-refractivity contribution in [2.75, 3.05) is 56.7 Å². The largest absolute Gasteiger partial charge is 0.467 e. The van der Waals surface area contributed by atoms with Crippen LogP contribution in [0.3, 0.4) is 0 Å². The molecule has 12 heteroatoms. The van der Waals surface area contributed by atoms with Gasteiger partial charge < -0.3 is 14.5 Å². The number of amides is 2. The second kappa shape index (κ2) is 11.9. The third-order valence-electron chi connectivity index (χ3n) is 6.41. The molecule has 184 valence electrons. The Kier molecular flexibility index (Phi) is 9.01. The van der Waals surface area contributed by atoms with Crippen molar-refractivity contribution in [2.45, 2.75) is 39.0 Å². The maximum Gasteiger partial charge on any atom is 0.320 e. The number of hydrogen-bond acceptors (Lipinski definition) is 9. The van der Waals surface area contributed by atoms with Gasteiger partial charge in [-0.3, -0.25) is 25.6 Å². The molecule has 1 aromatic rings. The Labute approximate surface area is 193 Å². The van der Waals surface area contributed by atoms with Gasteiger partial charge in [0, 0.05) is 26.2 Å². The zero-order chi connectivity index (χ0) is 23.8. The predicted octanol–water partition coefficient (Wildman–Crippen LogP) is 1.25. The lowest BCUT2D eigenvalue weighted by Crippen LogP contribution is -2.47. The van der Waals surface area contributed by atoms with Gasteiger partial charge in [-0.2, -0.15) is 14.4 Å². The molecule has 0 unspecified atom stereocenters. The molecule has 11 nitrogen and oxygen atoms in total. The number of piperazine rings is 1.